The van der Waals surface area contributed by atoms with Crippen molar-refractivity contribution in [1.29, 1.82) is 0 Å². The van der Waals surface area contributed by atoms with Gasteiger partial charge in [-0.2, -0.15) is 0 Å². The molecule has 28 heavy (non-hydrogen) atoms. The quantitative estimate of drug-likeness (QED) is 0.398. The number of benzene rings is 3. The summed E-state index contributed by atoms with van der Waals surface area (Å²) in [5, 5.41) is 22.9. The van der Waals surface area contributed by atoms with E-state index in [4.69, 9.17) is 0 Å². The Morgan fingerprint density at radius 1 is 0.893 bits per heavy atom. The molecule has 0 saturated carbocycles. The number of nitrogens with one attached hydrogen (secondary N) is 1. The van der Waals surface area contributed by atoms with E-state index in [1.54, 1.807) is 12.1 Å². The Balaban J connectivity index is 1.81. The molecule has 0 atom stereocenters. The zero-order valence-corrected chi connectivity index (χ0v) is 15.1. The van der Waals surface area contributed by atoms with E-state index in [2.05, 4.69) is 15.5 Å². The molecule has 0 radical (unpaired) electrons. The van der Waals surface area contributed by atoms with Gasteiger partial charge < -0.3 is 5.32 Å². The van der Waals surface area contributed by atoms with Gasteiger partial charge in [0.2, 0.25) is 5.95 Å². The molecule has 7 heteroatoms. The molecule has 0 aliphatic rings. The highest BCUT2D eigenvalue weighted by Crippen LogP contribution is 2.28. The van der Waals surface area contributed by atoms with Gasteiger partial charge in [0.15, 0.2) is 5.82 Å². The van der Waals surface area contributed by atoms with Crippen LogP contribution in [-0.2, 0) is 0 Å². The molecule has 7 nitrogen and oxygen atoms in total. The van der Waals surface area contributed by atoms with E-state index in [0.29, 0.717) is 11.8 Å². The predicted molar refractivity (Wildman–Crippen MR) is 108 cm³/mol. The first-order valence-corrected chi connectivity index (χ1v) is 8.71. The molecule has 0 saturated heterocycles. The van der Waals surface area contributed by atoms with E-state index in [1.807, 2.05) is 66.1 Å². The zero-order valence-electron chi connectivity index (χ0n) is 15.1. The minimum atomic E-state index is -0.417. The maximum atomic E-state index is 11.0. The fraction of sp³-hybridized carbons (Fsp3) is 0.0476. The van der Waals surface area contributed by atoms with Gasteiger partial charge in [-0.1, -0.05) is 48.0 Å². The summed E-state index contributed by atoms with van der Waals surface area (Å²) in [6, 6.07) is 23.9. The Hall–Kier alpha value is -4.00. The van der Waals surface area contributed by atoms with E-state index in [9.17, 15) is 10.1 Å². The lowest BCUT2D eigenvalue weighted by Crippen LogP contribution is -2.04. The van der Waals surface area contributed by atoms with Gasteiger partial charge in [-0.25, -0.2) is 0 Å². The molecule has 4 aromatic rings. The Labute approximate surface area is 161 Å². The number of hydrogen-bond donors (Lipinski definition) is 1. The van der Waals surface area contributed by atoms with Crippen LogP contribution in [0, 0.1) is 17.0 Å². The van der Waals surface area contributed by atoms with Crippen LogP contribution in [0.5, 0.6) is 0 Å². The second-order valence-corrected chi connectivity index (χ2v) is 6.31. The van der Waals surface area contributed by atoms with Crippen LogP contribution in [-0.4, -0.2) is 19.7 Å². The lowest BCUT2D eigenvalue weighted by atomic mass is 10.2. The number of hydrogen-bond acceptors (Lipinski definition) is 5. The maximum Gasteiger partial charge on any atom is 0.269 e. The summed E-state index contributed by atoms with van der Waals surface area (Å²) in [6.45, 7) is 2.02. The van der Waals surface area contributed by atoms with E-state index >= 15 is 0 Å². The second kappa shape index (κ2) is 7.32. The van der Waals surface area contributed by atoms with E-state index in [-0.39, 0.29) is 5.69 Å². The molecule has 0 amide bonds. The van der Waals surface area contributed by atoms with Crippen molar-refractivity contribution in [3.05, 3.63) is 94.5 Å². The van der Waals surface area contributed by atoms with Crippen molar-refractivity contribution in [3.8, 4) is 17.1 Å². The van der Waals surface area contributed by atoms with Crippen molar-refractivity contribution in [1.82, 2.24) is 14.8 Å². The van der Waals surface area contributed by atoms with Gasteiger partial charge in [-0.3, -0.25) is 14.7 Å². The number of anilines is 2. The fourth-order valence-electron chi connectivity index (χ4n) is 2.87. The van der Waals surface area contributed by atoms with Crippen molar-refractivity contribution in [2.45, 2.75) is 6.92 Å². The van der Waals surface area contributed by atoms with Gasteiger partial charge in [0.1, 0.15) is 0 Å². The summed E-state index contributed by atoms with van der Waals surface area (Å²) in [7, 11) is 0. The zero-order chi connectivity index (χ0) is 19.5. The number of nitro groups is 1. The monoisotopic (exact) mass is 371 g/mol. The molecular weight excluding hydrogens is 354 g/mol. The SMILES string of the molecule is Cc1ccc(Nc2nnc(-c3ccccc3)n2-c2ccc([N+](=O)[O-])cc2)cc1. The standard InChI is InChI=1S/C21H17N5O2/c1-15-7-9-17(10-8-15)22-21-24-23-20(16-5-3-2-4-6-16)25(21)18-11-13-19(14-12-18)26(27)28/h2-14H,1H3,(H,22,24). The smallest absolute Gasteiger partial charge is 0.269 e. The van der Waals surface area contributed by atoms with Gasteiger partial charge in [-0.15, -0.1) is 10.2 Å². The highest BCUT2D eigenvalue weighted by Gasteiger charge is 2.17. The molecule has 0 aliphatic heterocycles. The molecule has 0 spiro atoms. The highest BCUT2D eigenvalue weighted by atomic mass is 16.6. The molecule has 138 valence electrons. The lowest BCUT2D eigenvalue weighted by molar-refractivity contribution is -0.384. The third-order valence-corrected chi connectivity index (χ3v) is 4.32. The summed E-state index contributed by atoms with van der Waals surface area (Å²) < 4.78 is 1.85. The number of aryl methyl sites for hydroxylation is 1. The largest absolute Gasteiger partial charge is 0.324 e. The molecule has 1 N–H and O–H groups in total. The van der Waals surface area contributed by atoms with Crippen LogP contribution in [0.15, 0.2) is 78.9 Å². The minimum Gasteiger partial charge on any atom is -0.324 e. The first kappa shape index (κ1) is 17.4. The normalized spacial score (nSPS) is 10.6. The number of non-ortho nitro benzene ring substituents is 1. The first-order valence-electron chi connectivity index (χ1n) is 8.71. The van der Waals surface area contributed by atoms with Gasteiger partial charge in [0.25, 0.3) is 5.69 Å². The molecule has 0 fully saturated rings. The van der Waals surface area contributed by atoms with E-state index in [0.717, 1.165) is 22.5 Å². The molecular formula is C21H17N5O2. The molecule has 4 rings (SSSR count). The van der Waals surface area contributed by atoms with Crippen LogP contribution in [0.2, 0.25) is 0 Å². The molecule has 1 aromatic heterocycles. The van der Waals surface area contributed by atoms with Crippen molar-refractivity contribution >= 4 is 17.3 Å². The molecule has 3 aromatic carbocycles. The Bertz CT molecular complexity index is 1100. The maximum absolute atomic E-state index is 11.0. The highest BCUT2D eigenvalue weighted by molar-refractivity contribution is 5.65. The minimum absolute atomic E-state index is 0.0335. The van der Waals surface area contributed by atoms with Crippen molar-refractivity contribution in [2.24, 2.45) is 0 Å². The van der Waals surface area contributed by atoms with Gasteiger partial charge in [0.05, 0.1) is 10.6 Å². The van der Waals surface area contributed by atoms with Crippen LogP contribution in [0.25, 0.3) is 17.1 Å². The summed E-state index contributed by atoms with van der Waals surface area (Å²) in [4.78, 5) is 10.6. The van der Waals surface area contributed by atoms with Crippen LogP contribution >= 0.6 is 0 Å². The fourth-order valence-corrected chi connectivity index (χ4v) is 2.87. The number of rotatable bonds is 5. The first-order chi connectivity index (χ1) is 13.6. The van der Waals surface area contributed by atoms with E-state index < -0.39 is 4.92 Å². The number of nitrogens with zero attached hydrogens (tertiary/aromatic N) is 4. The molecule has 0 aliphatic carbocycles. The average molecular weight is 371 g/mol. The van der Waals surface area contributed by atoms with Gasteiger partial charge in [-0.05, 0) is 31.2 Å². The van der Waals surface area contributed by atoms with E-state index in [1.165, 1.54) is 12.1 Å². The van der Waals surface area contributed by atoms with Crippen molar-refractivity contribution in [3.63, 3.8) is 0 Å². The predicted octanol–water partition coefficient (Wildman–Crippen LogP) is 4.89. The lowest BCUT2D eigenvalue weighted by Gasteiger charge is -2.12. The van der Waals surface area contributed by atoms with Crippen LogP contribution in [0.4, 0.5) is 17.3 Å². The van der Waals surface area contributed by atoms with Crippen molar-refractivity contribution < 1.29 is 4.92 Å². The van der Waals surface area contributed by atoms with Crippen LogP contribution < -0.4 is 5.32 Å². The van der Waals surface area contributed by atoms with Crippen LogP contribution in [0.3, 0.4) is 0 Å². The third kappa shape index (κ3) is 3.45. The summed E-state index contributed by atoms with van der Waals surface area (Å²) in [5.74, 6) is 1.17. The average Bonchev–Trinajstić information content (AvgIpc) is 3.14. The van der Waals surface area contributed by atoms with Crippen molar-refractivity contribution in [2.75, 3.05) is 5.32 Å². The second-order valence-electron chi connectivity index (χ2n) is 6.31. The molecule has 0 bridgehead atoms. The summed E-state index contributed by atoms with van der Waals surface area (Å²) in [6.07, 6.45) is 0. The Morgan fingerprint density at radius 2 is 1.57 bits per heavy atom. The molecule has 0 unspecified atom stereocenters. The van der Waals surface area contributed by atoms with Crippen LogP contribution in [0.1, 0.15) is 5.56 Å². The molecule has 1 heterocycles. The third-order valence-electron chi connectivity index (χ3n) is 4.32. The Kier molecular flexibility index (Phi) is 4.55. The summed E-state index contributed by atoms with van der Waals surface area (Å²) >= 11 is 0. The topological polar surface area (TPSA) is 85.9 Å². The van der Waals surface area contributed by atoms with Gasteiger partial charge in [0, 0.05) is 23.4 Å². The number of aromatic nitrogens is 3. The summed E-state index contributed by atoms with van der Waals surface area (Å²) in [5.41, 5.74) is 3.69. The Morgan fingerprint density at radius 3 is 2.21 bits per heavy atom. The van der Waals surface area contributed by atoms with Gasteiger partial charge >= 0.3 is 0 Å². The number of nitro benzene ring substituents is 1.